The lowest BCUT2D eigenvalue weighted by Crippen LogP contribution is -2.28. The van der Waals surface area contributed by atoms with Crippen LogP contribution in [0.25, 0.3) is 33.0 Å². The molecule has 2 unspecified atom stereocenters. The van der Waals surface area contributed by atoms with Crippen LogP contribution >= 0.6 is 0 Å². The number of halogens is 5. The number of alkyl halides is 3. The van der Waals surface area contributed by atoms with Crippen LogP contribution in [-0.2, 0) is 11.6 Å². The van der Waals surface area contributed by atoms with E-state index in [4.69, 9.17) is 0 Å². The first-order valence-corrected chi connectivity index (χ1v) is 13.2. The SMILES string of the molecule is CC12C(=C(c3ccc(F)cc3)C(=N)C1c1ccc(F)cc1)c1cccc3c(-c4ccc(C(F)(F)F)cc4)ccc2c13. The monoisotopic (exact) mass is 551 g/mol. The first-order valence-electron chi connectivity index (χ1n) is 13.2. The molecule has 1 N–H and O–H groups in total. The molecule has 41 heavy (non-hydrogen) atoms. The van der Waals surface area contributed by atoms with Gasteiger partial charge in [-0.1, -0.05) is 73.7 Å². The zero-order chi connectivity index (χ0) is 28.7. The van der Waals surface area contributed by atoms with E-state index in [1.165, 1.54) is 36.4 Å². The minimum atomic E-state index is -4.42. The molecule has 0 bridgehead atoms. The Kier molecular flexibility index (Phi) is 5.39. The first-order chi connectivity index (χ1) is 19.6. The van der Waals surface area contributed by atoms with Crippen molar-refractivity contribution in [1.29, 1.82) is 5.41 Å². The molecule has 0 radical (unpaired) electrons. The van der Waals surface area contributed by atoms with E-state index in [0.29, 0.717) is 16.8 Å². The molecule has 2 aliphatic rings. The highest BCUT2D eigenvalue weighted by Crippen LogP contribution is 2.64. The van der Waals surface area contributed by atoms with Crippen molar-refractivity contribution in [1.82, 2.24) is 0 Å². The summed E-state index contributed by atoms with van der Waals surface area (Å²) in [5, 5.41) is 11.3. The standard InChI is InChI=1S/C35H22F5N/c1-34-28-18-17-25(19-5-11-22(12-6-19)35(38,39)40)26-3-2-4-27(30(26)28)32(34)29(20-7-13-23(36)14-8-20)33(41)31(34)21-9-15-24(37)16-10-21/h2-18,31,41H,1H3. The normalized spacial score (nSPS) is 19.8. The second-order valence-corrected chi connectivity index (χ2v) is 10.8. The molecule has 2 atom stereocenters. The third-order valence-electron chi connectivity index (χ3n) is 8.63. The van der Waals surface area contributed by atoms with Crippen LogP contribution in [0.5, 0.6) is 0 Å². The quantitative estimate of drug-likeness (QED) is 0.216. The highest BCUT2D eigenvalue weighted by atomic mass is 19.4. The van der Waals surface area contributed by atoms with Crippen molar-refractivity contribution in [2.24, 2.45) is 0 Å². The van der Waals surface area contributed by atoms with E-state index in [-0.39, 0.29) is 11.6 Å². The fraction of sp³-hybridized carbons (Fsp3) is 0.114. The van der Waals surface area contributed by atoms with Gasteiger partial charge in [0.05, 0.1) is 5.56 Å². The molecule has 202 valence electrons. The van der Waals surface area contributed by atoms with E-state index in [2.05, 4.69) is 6.92 Å². The Morgan fingerprint density at radius 1 is 0.683 bits per heavy atom. The lowest BCUT2D eigenvalue weighted by molar-refractivity contribution is -0.137. The highest BCUT2D eigenvalue weighted by molar-refractivity contribution is 6.39. The van der Waals surface area contributed by atoms with Crippen molar-refractivity contribution in [2.45, 2.75) is 24.4 Å². The van der Waals surface area contributed by atoms with Crippen molar-refractivity contribution in [3.8, 4) is 11.1 Å². The van der Waals surface area contributed by atoms with E-state index < -0.39 is 23.1 Å². The minimum absolute atomic E-state index is 0.367. The molecule has 2 aliphatic carbocycles. The second kappa shape index (κ2) is 8.71. The Balaban J connectivity index is 1.51. The number of hydrogen-bond acceptors (Lipinski definition) is 1. The molecule has 0 saturated carbocycles. The molecule has 0 amide bonds. The molecule has 6 heteroatoms. The summed E-state index contributed by atoms with van der Waals surface area (Å²) < 4.78 is 67.6. The van der Waals surface area contributed by atoms with E-state index in [9.17, 15) is 27.4 Å². The summed E-state index contributed by atoms with van der Waals surface area (Å²) in [5.41, 5.74) is 5.52. The van der Waals surface area contributed by atoms with Gasteiger partial charge >= 0.3 is 6.18 Å². The van der Waals surface area contributed by atoms with Crippen LogP contribution in [0.2, 0.25) is 0 Å². The number of nitrogens with one attached hydrogen (secondary N) is 1. The average Bonchev–Trinajstić information content (AvgIpc) is 3.34. The molecule has 0 spiro atoms. The minimum Gasteiger partial charge on any atom is -0.304 e. The van der Waals surface area contributed by atoms with Gasteiger partial charge in [-0.3, -0.25) is 0 Å². The third-order valence-corrected chi connectivity index (χ3v) is 8.63. The van der Waals surface area contributed by atoms with E-state index in [0.717, 1.165) is 56.3 Å². The molecular formula is C35H22F5N. The lowest BCUT2D eigenvalue weighted by Gasteiger charge is -2.32. The van der Waals surface area contributed by atoms with Crippen LogP contribution in [0.1, 0.15) is 40.7 Å². The van der Waals surface area contributed by atoms with Gasteiger partial charge in [-0.15, -0.1) is 0 Å². The molecule has 1 nitrogen and oxygen atoms in total. The van der Waals surface area contributed by atoms with Gasteiger partial charge in [0.1, 0.15) is 11.6 Å². The van der Waals surface area contributed by atoms with E-state index in [1.54, 1.807) is 24.3 Å². The number of benzene rings is 5. The smallest absolute Gasteiger partial charge is 0.304 e. The van der Waals surface area contributed by atoms with Gasteiger partial charge in [0, 0.05) is 22.6 Å². The van der Waals surface area contributed by atoms with Crippen molar-refractivity contribution in [3.05, 3.63) is 143 Å². The largest absolute Gasteiger partial charge is 0.416 e. The maximum absolute atomic E-state index is 13.9. The van der Waals surface area contributed by atoms with Gasteiger partial charge in [0.25, 0.3) is 0 Å². The predicted molar refractivity (Wildman–Crippen MR) is 152 cm³/mol. The summed E-state index contributed by atoms with van der Waals surface area (Å²) >= 11 is 0. The summed E-state index contributed by atoms with van der Waals surface area (Å²) in [7, 11) is 0. The Hall–Kier alpha value is -4.58. The first kappa shape index (κ1) is 25.4. The highest BCUT2D eigenvalue weighted by Gasteiger charge is 2.55. The second-order valence-electron chi connectivity index (χ2n) is 10.8. The number of allylic oxidation sites excluding steroid dienone is 2. The Bertz CT molecular complexity index is 1900. The van der Waals surface area contributed by atoms with Gasteiger partial charge < -0.3 is 5.41 Å². The van der Waals surface area contributed by atoms with Crippen molar-refractivity contribution in [3.63, 3.8) is 0 Å². The Labute approximate surface area is 233 Å². The molecule has 0 aliphatic heterocycles. The summed E-state index contributed by atoms with van der Waals surface area (Å²) in [5.74, 6) is -1.18. The van der Waals surface area contributed by atoms with Crippen LogP contribution in [0.3, 0.4) is 0 Å². The van der Waals surface area contributed by atoms with Crippen LogP contribution in [0.15, 0.2) is 103 Å². The summed E-state index contributed by atoms with van der Waals surface area (Å²) in [6.45, 7) is 2.09. The maximum Gasteiger partial charge on any atom is 0.416 e. The number of hydrogen-bond donors (Lipinski definition) is 1. The summed E-state index contributed by atoms with van der Waals surface area (Å²) in [6.07, 6.45) is -4.42. The fourth-order valence-corrected chi connectivity index (χ4v) is 6.89. The molecule has 0 heterocycles. The van der Waals surface area contributed by atoms with Gasteiger partial charge in [-0.2, -0.15) is 13.2 Å². The zero-order valence-corrected chi connectivity index (χ0v) is 21.8. The molecule has 5 aromatic carbocycles. The van der Waals surface area contributed by atoms with Gasteiger partial charge in [0.15, 0.2) is 0 Å². The average molecular weight is 552 g/mol. The van der Waals surface area contributed by atoms with Crippen molar-refractivity contribution in [2.75, 3.05) is 0 Å². The van der Waals surface area contributed by atoms with Crippen LogP contribution in [-0.4, -0.2) is 5.71 Å². The molecule has 7 rings (SSSR count). The van der Waals surface area contributed by atoms with E-state index in [1.807, 2.05) is 30.3 Å². The van der Waals surface area contributed by atoms with Gasteiger partial charge in [-0.05, 0) is 86.1 Å². The van der Waals surface area contributed by atoms with Crippen LogP contribution in [0, 0.1) is 17.0 Å². The van der Waals surface area contributed by atoms with Gasteiger partial charge in [-0.25, -0.2) is 8.78 Å². The summed E-state index contributed by atoms with van der Waals surface area (Å²) in [4.78, 5) is 0. The van der Waals surface area contributed by atoms with Crippen molar-refractivity contribution >= 4 is 27.6 Å². The lowest BCUT2D eigenvalue weighted by atomic mass is 9.69. The van der Waals surface area contributed by atoms with Crippen LogP contribution in [0.4, 0.5) is 22.0 Å². The topological polar surface area (TPSA) is 23.9 Å². The third kappa shape index (κ3) is 3.63. The molecule has 5 aromatic rings. The molecule has 0 aromatic heterocycles. The van der Waals surface area contributed by atoms with Crippen LogP contribution < -0.4 is 0 Å². The zero-order valence-electron chi connectivity index (χ0n) is 21.8. The van der Waals surface area contributed by atoms with Crippen molar-refractivity contribution < 1.29 is 22.0 Å². The summed E-state index contributed by atoms with van der Waals surface area (Å²) in [6, 6.07) is 27.3. The number of fused-ring (bicyclic) bond motifs is 3. The maximum atomic E-state index is 13.9. The molecular weight excluding hydrogens is 529 g/mol. The molecule has 0 saturated heterocycles. The van der Waals surface area contributed by atoms with E-state index >= 15 is 0 Å². The predicted octanol–water partition coefficient (Wildman–Crippen LogP) is 9.80. The fourth-order valence-electron chi connectivity index (χ4n) is 6.89. The number of rotatable bonds is 3. The Morgan fingerprint density at radius 2 is 1.29 bits per heavy atom. The Morgan fingerprint density at radius 3 is 1.93 bits per heavy atom. The molecule has 0 fully saturated rings. The van der Waals surface area contributed by atoms with Gasteiger partial charge in [0.2, 0.25) is 0 Å².